The lowest BCUT2D eigenvalue weighted by atomic mass is 10.1. The predicted molar refractivity (Wildman–Crippen MR) is 113 cm³/mol. The molecule has 0 fully saturated rings. The van der Waals surface area contributed by atoms with Crippen LogP contribution in [0.25, 0.3) is 11.0 Å². The van der Waals surface area contributed by atoms with Gasteiger partial charge in [0, 0.05) is 18.6 Å². The lowest BCUT2D eigenvalue weighted by Crippen LogP contribution is -2.30. The topological polar surface area (TPSA) is 51.0 Å². The molecule has 5 heteroatoms. The van der Waals surface area contributed by atoms with E-state index in [-0.39, 0.29) is 11.9 Å². The average molecular weight is 382 g/mol. The normalized spacial score (nSPS) is 15.4. The second-order valence-electron chi connectivity index (χ2n) is 7.59. The van der Waals surface area contributed by atoms with Crippen molar-refractivity contribution in [2.75, 3.05) is 7.05 Å². The summed E-state index contributed by atoms with van der Waals surface area (Å²) in [5.74, 6) is -0.00286. The van der Waals surface area contributed by atoms with Crippen molar-refractivity contribution in [3.8, 4) is 0 Å². The molecule has 2 heterocycles. The monoisotopic (exact) mass is 382 g/mol. The summed E-state index contributed by atoms with van der Waals surface area (Å²) in [6.45, 7) is 0.656. The van der Waals surface area contributed by atoms with E-state index >= 15 is 0 Å². The minimum Gasteiger partial charge on any atom is -0.335 e. The second-order valence-corrected chi connectivity index (χ2v) is 7.59. The van der Waals surface area contributed by atoms with Gasteiger partial charge in [-0.1, -0.05) is 54.6 Å². The maximum Gasteiger partial charge on any atom is 0.255 e. The number of amides is 1. The van der Waals surface area contributed by atoms with E-state index < -0.39 is 0 Å². The number of aromatic nitrogens is 3. The van der Waals surface area contributed by atoms with Crippen LogP contribution in [0.5, 0.6) is 0 Å². The Hall–Kier alpha value is -3.47. The van der Waals surface area contributed by atoms with E-state index in [1.807, 2.05) is 47.0 Å². The third kappa shape index (κ3) is 3.18. The molecule has 0 aliphatic heterocycles. The SMILES string of the molecule is CN(C(=O)c1cnc2c(cnn2Cc2ccccc2)c1)C1CCc2ccccc21. The minimum atomic E-state index is -0.00286. The molecule has 0 radical (unpaired) electrons. The molecule has 1 amide bonds. The van der Waals surface area contributed by atoms with Gasteiger partial charge in [0.05, 0.1) is 24.3 Å². The lowest BCUT2D eigenvalue weighted by Gasteiger charge is -2.25. The van der Waals surface area contributed by atoms with Gasteiger partial charge in [-0.25, -0.2) is 9.67 Å². The quantitative estimate of drug-likeness (QED) is 0.530. The van der Waals surface area contributed by atoms with Crippen molar-refractivity contribution >= 4 is 16.9 Å². The van der Waals surface area contributed by atoms with Crippen LogP contribution in [0.2, 0.25) is 0 Å². The summed E-state index contributed by atoms with van der Waals surface area (Å²) in [6, 6.07) is 20.6. The number of benzene rings is 2. The Labute approximate surface area is 169 Å². The molecule has 0 bridgehead atoms. The van der Waals surface area contributed by atoms with Crippen LogP contribution in [-0.4, -0.2) is 32.6 Å². The Bertz CT molecular complexity index is 1180. The highest BCUT2D eigenvalue weighted by molar-refractivity contribution is 5.97. The molecule has 5 nitrogen and oxygen atoms in total. The lowest BCUT2D eigenvalue weighted by molar-refractivity contribution is 0.0730. The third-order valence-electron chi connectivity index (χ3n) is 5.79. The van der Waals surface area contributed by atoms with Crippen molar-refractivity contribution in [2.45, 2.75) is 25.4 Å². The number of carbonyl (C=O) groups excluding carboxylic acids is 1. The van der Waals surface area contributed by atoms with Crippen LogP contribution in [0.4, 0.5) is 0 Å². The van der Waals surface area contributed by atoms with E-state index in [2.05, 4.69) is 40.4 Å². The van der Waals surface area contributed by atoms with Gasteiger partial charge >= 0.3 is 0 Å². The highest BCUT2D eigenvalue weighted by Crippen LogP contribution is 2.35. The van der Waals surface area contributed by atoms with Gasteiger partial charge in [-0.2, -0.15) is 5.10 Å². The fourth-order valence-electron chi connectivity index (χ4n) is 4.24. The fraction of sp³-hybridized carbons (Fsp3) is 0.208. The molecule has 1 aliphatic carbocycles. The van der Waals surface area contributed by atoms with E-state index in [1.165, 1.54) is 16.7 Å². The summed E-state index contributed by atoms with van der Waals surface area (Å²) in [5, 5.41) is 5.35. The second kappa shape index (κ2) is 7.17. The summed E-state index contributed by atoms with van der Waals surface area (Å²) in [7, 11) is 1.89. The number of fused-ring (bicyclic) bond motifs is 2. The maximum atomic E-state index is 13.1. The van der Waals surface area contributed by atoms with Crippen molar-refractivity contribution in [1.82, 2.24) is 19.7 Å². The number of carbonyl (C=O) groups is 1. The maximum absolute atomic E-state index is 13.1. The smallest absolute Gasteiger partial charge is 0.255 e. The highest BCUT2D eigenvalue weighted by atomic mass is 16.2. The Morgan fingerprint density at radius 1 is 1.10 bits per heavy atom. The van der Waals surface area contributed by atoms with Gasteiger partial charge in [0.2, 0.25) is 0 Å². The summed E-state index contributed by atoms with van der Waals surface area (Å²) in [5.41, 5.74) is 5.16. The number of aryl methyl sites for hydroxylation is 1. The van der Waals surface area contributed by atoms with Crippen molar-refractivity contribution in [3.05, 3.63) is 95.3 Å². The third-order valence-corrected chi connectivity index (χ3v) is 5.79. The van der Waals surface area contributed by atoms with Gasteiger partial charge in [-0.3, -0.25) is 4.79 Å². The Morgan fingerprint density at radius 2 is 1.90 bits per heavy atom. The molecule has 0 saturated carbocycles. The predicted octanol–water partition coefficient (Wildman–Crippen LogP) is 4.24. The van der Waals surface area contributed by atoms with Gasteiger partial charge < -0.3 is 4.90 Å². The van der Waals surface area contributed by atoms with Gasteiger partial charge in [-0.05, 0) is 35.6 Å². The first kappa shape index (κ1) is 17.6. The Balaban J connectivity index is 1.40. The van der Waals surface area contributed by atoms with Crippen LogP contribution in [-0.2, 0) is 13.0 Å². The fourth-order valence-corrected chi connectivity index (χ4v) is 4.24. The molecule has 2 aromatic carbocycles. The first-order chi connectivity index (χ1) is 14.2. The molecule has 144 valence electrons. The van der Waals surface area contributed by atoms with Crippen LogP contribution >= 0.6 is 0 Å². The first-order valence-corrected chi connectivity index (χ1v) is 9.91. The zero-order chi connectivity index (χ0) is 19.8. The zero-order valence-electron chi connectivity index (χ0n) is 16.3. The van der Waals surface area contributed by atoms with E-state index in [1.54, 1.807) is 12.4 Å². The minimum absolute atomic E-state index is 0.00286. The van der Waals surface area contributed by atoms with E-state index in [0.29, 0.717) is 12.1 Å². The molecule has 0 N–H and O–H groups in total. The van der Waals surface area contributed by atoms with Crippen LogP contribution in [0.3, 0.4) is 0 Å². The number of nitrogens with zero attached hydrogens (tertiary/aromatic N) is 4. The molecule has 2 aromatic heterocycles. The van der Waals surface area contributed by atoms with Crippen LogP contribution < -0.4 is 0 Å². The average Bonchev–Trinajstić information content (AvgIpc) is 3.37. The molecular weight excluding hydrogens is 360 g/mol. The molecule has 4 aromatic rings. The van der Waals surface area contributed by atoms with E-state index in [4.69, 9.17) is 0 Å². The molecule has 1 atom stereocenters. The van der Waals surface area contributed by atoms with Gasteiger partial charge in [0.15, 0.2) is 5.65 Å². The molecule has 1 unspecified atom stereocenters. The zero-order valence-corrected chi connectivity index (χ0v) is 16.3. The molecule has 5 rings (SSSR count). The Morgan fingerprint density at radius 3 is 2.76 bits per heavy atom. The summed E-state index contributed by atoms with van der Waals surface area (Å²) in [6.07, 6.45) is 5.44. The molecule has 0 spiro atoms. The van der Waals surface area contributed by atoms with Crippen molar-refractivity contribution in [1.29, 1.82) is 0 Å². The summed E-state index contributed by atoms with van der Waals surface area (Å²) in [4.78, 5) is 19.6. The van der Waals surface area contributed by atoms with Crippen LogP contribution in [0.15, 0.2) is 73.1 Å². The van der Waals surface area contributed by atoms with E-state index in [9.17, 15) is 4.79 Å². The van der Waals surface area contributed by atoms with Gasteiger partial charge in [0.1, 0.15) is 0 Å². The summed E-state index contributed by atoms with van der Waals surface area (Å²) < 4.78 is 1.87. The van der Waals surface area contributed by atoms with Gasteiger partial charge in [0.25, 0.3) is 5.91 Å². The summed E-state index contributed by atoms with van der Waals surface area (Å²) >= 11 is 0. The van der Waals surface area contributed by atoms with E-state index in [0.717, 1.165) is 23.9 Å². The van der Waals surface area contributed by atoms with Crippen molar-refractivity contribution in [3.63, 3.8) is 0 Å². The molecule has 0 saturated heterocycles. The largest absolute Gasteiger partial charge is 0.335 e. The molecular formula is C24H22N4O. The van der Waals surface area contributed by atoms with Crippen LogP contribution in [0.1, 0.15) is 39.5 Å². The van der Waals surface area contributed by atoms with Crippen molar-refractivity contribution in [2.24, 2.45) is 0 Å². The number of hydrogen-bond donors (Lipinski definition) is 0. The standard InChI is InChI=1S/C24H22N4O/c1-27(22-12-11-18-9-5-6-10-21(18)22)24(29)20-13-19-15-26-28(23(19)25-14-20)16-17-7-3-2-4-8-17/h2-10,13-15,22H,11-12,16H2,1H3. The number of hydrogen-bond acceptors (Lipinski definition) is 3. The number of pyridine rings is 1. The van der Waals surface area contributed by atoms with Gasteiger partial charge in [-0.15, -0.1) is 0 Å². The molecule has 29 heavy (non-hydrogen) atoms. The highest BCUT2D eigenvalue weighted by Gasteiger charge is 2.29. The van der Waals surface area contributed by atoms with Crippen LogP contribution in [0, 0.1) is 0 Å². The van der Waals surface area contributed by atoms with Crippen molar-refractivity contribution < 1.29 is 4.79 Å². The first-order valence-electron chi connectivity index (χ1n) is 9.91. The number of rotatable bonds is 4. The Kier molecular flexibility index (Phi) is 4.35. The molecule has 1 aliphatic rings.